The van der Waals surface area contributed by atoms with Gasteiger partial charge in [0.25, 0.3) is 5.91 Å². The molecule has 0 radical (unpaired) electrons. The Hall–Kier alpha value is -1.58. The first-order valence-electron chi connectivity index (χ1n) is 9.85. The van der Waals surface area contributed by atoms with Crippen molar-refractivity contribution in [1.82, 2.24) is 14.5 Å². The summed E-state index contributed by atoms with van der Waals surface area (Å²) < 4.78 is 31.2. The van der Waals surface area contributed by atoms with Gasteiger partial charge in [-0.15, -0.1) is 12.4 Å². The summed E-state index contributed by atoms with van der Waals surface area (Å²) in [6.45, 7) is 4.77. The van der Waals surface area contributed by atoms with E-state index in [0.29, 0.717) is 31.3 Å². The number of amides is 2. The highest BCUT2D eigenvalue weighted by Gasteiger charge is 2.58. The molecule has 8 nitrogen and oxygen atoms in total. The van der Waals surface area contributed by atoms with E-state index in [-0.39, 0.29) is 30.0 Å². The zero-order chi connectivity index (χ0) is 20.2. The fourth-order valence-corrected chi connectivity index (χ4v) is 5.70. The number of nitrogens with zero attached hydrogens (tertiary/aromatic N) is 2. The lowest BCUT2D eigenvalue weighted by atomic mass is 9.88. The van der Waals surface area contributed by atoms with Crippen LogP contribution in [0.4, 0.5) is 0 Å². The maximum atomic E-state index is 13.1. The van der Waals surface area contributed by atoms with Crippen molar-refractivity contribution in [3.05, 3.63) is 23.7 Å². The number of carbonyl (C=O) groups excluding carboxylic acids is 2. The minimum Gasteiger partial charge on any atom is -0.455 e. The van der Waals surface area contributed by atoms with Crippen molar-refractivity contribution in [2.75, 3.05) is 12.8 Å². The average Bonchev–Trinajstić information content (AvgIpc) is 3.02. The van der Waals surface area contributed by atoms with Crippen LogP contribution in [-0.4, -0.2) is 60.4 Å². The number of hydrogen-bond donors (Lipinski definition) is 1. The number of nitrogens with one attached hydrogen (secondary N) is 1. The standard InChI is InChI=1S/C19H27N3O5S.ClH/c1-11(2)16-17-14(22(19(16)24)28(3,25)26)8-9-21(17)18(23)15-7-6-13(27-15)10-20-12-4-5-12;/h6-7,11-12,14,16-17,20H,4-5,8-10H2,1-3H3;1H/t14-,16+,17-;/m0./s1. The highest BCUT2D eigenvalue weighted by atomic mass is 35.5. The van der Waals surface area contributed by atoms with E-state index < -0.39 is 33.9 Å². The van der Waals surface area contributed by atoms with Gasteiger partial charge in [0.2, 0.25) is 15.9 Å². The highest BCUT2D eigenvalue weighted by Crippen LogP contribution is 2.41. The predicted octanol–water partition coefficient (Wildman–Crippen LogP) is 1.61. The largest absolute Gasteiger partial charge is 0.455 e. The van der Waals surface area contributed by atoms with Gasteiger partial charge >= 0.3 is 0 Å². The molecule has 3 fully saturated rings. The maximum absolute atomic E-state index is 13.1. The van der Waals surface area contributed by atoms with Crippen LogP contribution >= 0.6 is 12.4 Å². The molecule has 0 spiro atoms. The van der Waals surface area contributed by atoms with Crippen LogP contribution in [0.1, 0.15) is 49.4 Å². The Balaban J connectivity index is 0.00000240. The number of sulfonamides is 1. The van der Waals surface area contributed by atoms with Crippen molar-refractivity contribution in [3.8, 4) is 0 Å². The van der Waals surface area contributed by atoms with Crippen molar-refractivity contribution in [3.63, 3.8) is 0 Å². The molecule has 1 aliphatic carbocycles. The van der Waals surface area contributed by atoms with Gasteiger partial charge in [-0.1, -0.05) is 13.8 Å². The van der Waals surface area contributed by atoms with E-state index in [1.54, 1.807) is 17.0 Å². The van der Waals surface area contributed by atoms with Gasteiger partial charge in [0.05, 0.1) is 30.8 Å². The van der Waals surface area contributed by atoms with Crippen molar-refractivity contribution >= 4 is 34.2 Å². The summed E-state index contributed by atoms with van der Waals surface area (Å²) in [5.74, 6) is -0.349. The quantitative estimate of drug-likeness (QED) is 0.714. The summed E-state index contributed by atoms with van der Waals surface area (Å²) >= 11 is 0. The molecule has 3 atom stereocenters. The average molecular weight is 446 g/mol. The lowest BCUT2D eigenvalue weighted by Gasteiger charge is -2.28. The number of furan rings is 1. The molecule has 0 unspecified atom stereocenters. The molecule has 4 rings (SSSR count). The van der Waals surface area contributed by atoms with Crippen molar-refractivity contribution < 1.29 is 22.4 Å². The normalized spacial score (nSPS) is 26.8. The molecule has 1 saturated carbocycles. The van der Waals surface area contributed by atoms with Crippen LogP contribution in [0.2, 0.25) is 0 Å². The van der Waals surface area contributed by atoms with E-state index in [1.807, 2.05) is 13.8 Å². The van der Waals surface area contributed by atoms with Crippen LogP contribution < -0.4 is 5.32 Å². The second-order valence-electron chi connectivity index (χ2n) is 8.43. The van der Waals surface area contributed by atoms with Crippen LogP contribution in [0.3, 0.4) is 0 Å². The Morgan fingerprint density at radius 3 is 2.55 bits per heavy atom. The summed E-state index contributed by atoms with van der Waals surface area (Å²) in [5.41, 5.74) is 0. The molecule has 29 heavy (non-hydrogen) atoms. The molecule has 3 heterocycles. The number of hydrogen-bond acceptors (Lipinski definition) is 6. The maximum Gasteiger partial charge on any atom is 0.289 e. The molecule has 0 aromatic carbocycles. The molecule has 0 bridgehead atoms. The first kappa shape index (κ1) is 22.1. The molecule has 162 valence electrons. The Kier molecular flexibility index (Phi) is 6.04. The van der Waals surface area contributed by atoms with E-state index in [2.05, 4.69) is 5.32 Å². The molecule has 10 heteroatoms. The molecule has 2 saturated heterocycles. The smallest absolute Gasteiger partial charge is 0.289 e. The second kappa shape index (κ2) is 7.92. The van der Waals surface area contributed by atoms with Gasteiger partial charge < -0.3 is 14.6 Å². The fourth-order valence-electron chi connectivity index (χ4n) is 4.53. The topological polar surface area (TPSA) is 99.9 Å². The summed E-state index contributed by atoms with van der Waals surface area (Å²) in [6, 6.07) is 3.05. The monoisotopic (exact) mass is 445 g/mol. The van der Waals surface area contributed by atoms with Gasteiger partial charge in [0.1, 0.15) is 5.76 Å². The second-order valence-corrected chi connectivity index (χ2v) is 10.3. The lowest BCUT2D eigenvalue weighted by molar-refractivity contribution is -0.129. The van der Waals surface area contributed by atoms with E-state index in [1.165, 1.54) is 12.8 Å². The van der Waals surface area contributed by atoms with Gasteiger partial charge in [-0.3, -0.25) is 9.59 Å². The van der Waals surface area contributed by atoms with Gasteiger partial charge in [-0.25, -0.2) is 12.7 Å². The SMILES string of the molecule is CC(C)[C@H]1C(=O)N(S(C)(=O)=O)[C@H]2CCN(C(=O)c3ccc(CNC4CC4)o3)[C@H]12.Cl. The van der Waals surface area contributed by atoms with Crippen LogP contribution in [0.25, 0.3) is 0 Å². The minimum absolute atomic E-state index is 0. The first-order chi connectivity index (χ1) is 13.2. The Morgan fingerprint density at radius 1 is 1.28 bits per heavy atom. The molecule has 1 aromatic rings. The minimum atomic E-state index is -3.68. The first-order valence-corrected chi connectivity index (χ1v) is 11.7. The molecule has 1 N–H and O–H groups in total. The summed E-state index contributed by atoms with van der Waals surface area (Å²) in [6.07, 6.45) is 3.85. The van der Waals surface area contributed by atoms with Gasteiger partial charge in [-0.2, -0.15) is 0 Å². The Labute approximate surface area is 177 Å². The number of fused-ring (bicyclic) bond motifs is 1. The number of likely N-dealkylation sites (tertiary alicyclic amines) is 1. The van der Waals surface area contributed by atoms with Crippen molar-refractivity contribution in [2.24, 2.45) is 11.8 Å². The highest BCUT2D eigenvalue weighted by molar-refractivity contribution is 7.88. The number of halogens is 1. The molecule has 2 amide bonds. The van der Waals surface area contributed by atoms with Crippen LogP contribution in [-0.2, 0) is 21.4 Å². The Bertz CT molecular complexity index is 895. The zero-order valence-corrected chi connectivity index (χ0v) is 18.5. The molecular weight excluding hydrogens is 418 g/mol. The van der Waals surface area contributed by atoms with E-state index in [4.69, 9.17) is 4.42 Å². The van der Waals surface area contributed by atoms with E-state index in [9.17, 15) is 18.0 Å². The molecule has 1 aromatic heterocycles. The fraction of sp³-hybridized carbons (Fsp3) is 0.684. The molecule has 2 aliphatic heterocycles. The van der Waals surface area contributed by atoms with Gasteiger partial charge in [-0.05, 0) is 37.3 Å². The summed E-state index contributed by atoms with van der Waals surface area (Å²) in [7, 11) is -3.68. The summed E-state index contributed by atoms with van der Waals surface area (Å²) in [4.78, 5) is 27.6. The van der Waals surface area contributed by atoms with Gasteiger partial charge in [0.15, 0.2) is 5.76 Å². The van der Waals surface area contributed by atoms with E-state index >= 15 is 0 Å². The summed E-state index contributed by atoms with van der Waals surface area (Å²) in [5, 5.41) is 3.35. The molecular formula is C19H28ClN3O5S. The third-order valence-corrected chi connectivity index (χ3v) is 7.11. The van der Waals surface area contributed by atoms with Crippen LogP contribution in [0.5, 0.6) is 0 Å². The predicted molar refractivity (Wildman–Crippen MR) is 109 cm³/mol. The lowest BCUT2D eigenvalue weighted by Crippen LogP contribution is -2.44. The molecule has 3 aliphatic rings. The van der Waals surface area contributed by atoms with Gasteiger partial charge in [0, 0.05) is 12.6 Å². The number of rotatable bonds is 6. The zero-order valence-electron chi connectivity index (χ0n) is 16.8. The Morgan fingerprint density at radius 2 is 1.97 bits per heavy atom. The van der Waals surface area contributed by atoms with Crippen molar-refractivity contribution in [1.29, 1.82) is 0 Å². The van der Waals surface area contributed by atoms with Crippen LogP contribution in [0, 0.1) is 11.8 Å². The van der Waals surface area contributed by atoms with Crippen molar-refractivity contribution in [2.45, 2.75) is 57.8 Å². The van der Waals surface area contributed by atoms with Crippen LogP contribution in [0.15, 0.2) is 16.5 Å². The third kappa shape index (κ3) is 4.04. The van der Waals surface area contributed by atoms with E-state index in [0.717, 1.165) is 10.6 Å². The number of carbonyl (C=O) groups is 2. The third-order valence-electron chi connectivity index (χ3n) is 5.94.